The molecule has 3 nitrogen and oxygen atoms in total. The van der Waals surface area contributed by atoms with Crippen molar-refractivity contribution in [1.29, 1.82) is 0 Å². The summed E-state index contributed by atoms with van der Waals surface area (Å²) in [5.41, 5.74) is 0. The van der Waals surface area contributed by atoms with Crippen molar-refractivity contribution < 1.29 is 8.42 Å². The Kier molecular flexibility index (Phi) is 6.70. The molecule has 0 radical (unpaired) electrons. The van der Waals surface area contributed by atoms with Crippen LogP contribution in [-0.2, 0) is 10.0 Å². The molecule has 1 aromatic carbocycles. The molecule has 0 aliphatic carbocycles. The minimum absolute atomic E-state index is 0.262. The molecular formula is C14H21Br2NO2S. The van der Waals surface area contributed by atoms with Gasteiger partial charge < -0.3 is 0 Å². The maximum atomic E-state index is 12.4. The fourth-order valence-corrected chi connectivity index (χ4v) is 4.78. The van der Waals surface area contributed by atoms with Crippen molar-refractivity contribution in [1.82, 2.24) is 4.72 Å². The lowest BCUT2D eigenvalue weighted by Crippen LogP contribution is -2.34. The van der Waals surface area contributed by atoms with E-state index < -0.39 is 10.0 Å². The average Bonchev–Trinajstić information content (AvgIpc) is 2.31. The van der Waals surface area contributed by atoms with Crippen LogP contribution in [-0.4, -0.2) is 15.0 Å². The van der Waals surface area contributed by atoms with E-state index in [0.29, 0.717) is 28.8 Å². The molecule has 0 saturated heterocycles. The van der Waals surface area contributed by atoms with Crippen molar-refractivity contribution in [2.75, 3.05) is 6.54 Å². The molecule has 0 amide bonds. The lowest BCUT2D eigenvalue weighted by Gasteiger charge is -2.25. The van der Waals surface area contributed by atoms with Crippen molar-refractivity contribution in [3.05, 3.63) is 27.1 Å². The summed E-state index contributed by atoms with van der Waals surface area (Å²) in [7, 11) is -3.50. The molecule has 0 bridgehead atoms. The van der Waals surface area contributed by atoms with Gasteiger partial charge in [0.1, 0.15) is 0 Å². The van der Waals surface area contributed by atoms with E-state index in [4.69, 9.17) is 0 Å². The van der Waals surface area contributed by atoms with Crippen LogP contribution in [0, 0.1) is 17.8 Å². The molecule has 0 fully saturated rings. The number of sulfonamides is 1. The third-order valence-electron chi connectivity index (χ3n) is 3.40. The lowest BCUT2D eigenvalue weighted by atomic mass is 9.86. The van der Waals surface area contributed by atoms with Crippen LogP contribution in [0.3, 0.4) is 0 Å². The van der Waals surface area contributed by atoms with Crippen LogP contribution in [0.1, 0.15) is 27.7 Å². The minimum atomic E-state index is -3.50. The van der Waals surface area contributed by atoms with Crippen LogP contribution in [0.2, 0.25) is 0 Å². The molecule has 0 spiro atoms. The first kappa shape index (κ1) is 18.1. The van der Waals surface area contributed by atoms with Crippen LogP contribution in [0.5, 0.6) is 0 Å². The SMILES string of the molecule is CC(C)C(CNS(=O)(=O)c1cc(Br)ccc1Br)C(C)C. The largest absolute Gasteiger partial charge is 0.241 e. The van der Waals surface area contributed by atoms with Crippen molar-refractivity contribution in [2.24, 2.45) is 17.8 Å². The Morgan fingerprint density at radius 3 is 2.15 bits per heavy atom. The summed E-state index contributed by atoms with van der Waals surface area (Å²) in [6.45, 7) is 8.93. The standard InChI is InChI=1S/C14H21Br2NO2S/c1-9(2)12(10(3)4)8-17-20(18,19)14-7-11(15)5-6-13(14)16/h5-7,9-10,12,17H,8H2,1-4H3. The summed E-state index contributed by atoms with van der Waals surface area (Å²) >= 11 is 6.59. The first-order chi connectivity index (χ1) is 9.15. The molecule has 1 aromatic rings. The molecule has 20 heavy (non-hydrogen) atoms. The minimum Gasteiger partial charge on any atom is -0.211 e. The molecule has 0 heterocycles. The topological polar surface area (TPSA) is 46.2 Å². The van der Waals surface area contributed by atoms with Gasteiger partial charge in [-0.25, -0.2) is 13.1 Å². The first-order valence-electron chi connectivity index (χ1n) is 6.60. The van der Waals surface area contributed by atoms with Crippen molar-refractivity contribution in [3.63, 3.8) is 0 Å². The van der Waals surface area contributed by atoms with Crippen molar-refractivity contribution >= 4 is 41.9 Å². The molecule has 0 aromatic heterocycles. The highest BCUT2D eigenvalue weighted by Crippen LogP contribution is 2.26. The van der Waals surface area contributed by atoms with Crippen LogP contribution in [0.15, 0.2) is 32.0 Å². The third-order valence-corrected chi connectivity index (χ3v) is 6.32. The number of benzene rings is 1. The van der Waals surface area contributed by atoms with Crippen molar-refractivity contribution in [3.8, 4) is 0 Å². The Morgan fingerprint density at radius 2 is 1.65 bits per heavy atom. The summed E-state index contributed by atoms with van der Waals surface area (Å²) in [6, 6.07) is 5.13. The number of halogens is 2. The molecule has 1 rings (SSSR count). The molecule has 0 saturated carbocycles. The number of hydrogen-bond donors (Lipinski definition) is 1. The van der Waals surface area contributed by atoms with Gasteiger partial charge in [-0.2, -0.15) is 0 Å². The highest BCUT2D eigenvalue weighted by molar-refractivity contribution is 9.11. The maximum Gasteiger partial charge on any atom is 0.241 e. The van der Waals surface area contributed by atoms with Crippen LogP contribution < -0.4 is 4.72 Å². The maximum absolute atomic E-state index is 12.4. The van der Waals surface area contributed by atoms with E-state index in [-0.39, 0.29) is 4.90 Å². The van der Waals surface area contributed by atoms with E-state index in [2.05, 4.69) is 64.3 Å². The monoisotopic (exact) mass is 425 g/mol. The van der Waals surface area contributed by atoms with Gasteiger partial charge in [0.25, 0.3) is 0 Å². The highest BCUT2D eigenvalue weighted by Gasteiger charge is 2.23. The summed E-state index contributed by atoms with van der Waals surface area (Å²) in [5.74, 6) is 1.18. The van der Waals surface area contributed by atoms with Gasteiger partial charge in [0.2, 0.25) is 10.0 Å². The van der Waals surface area contributed by atoms with Crippen LogP contribution in [0.4, 0.5) is 0 Å². The van der Waals surface area contributed by atoms with Gasteiger partial charge in [0, 0.05) is 15.5 Å². The number of rotatable bonds is 6. The Morgan fingerprint density at radius 1 is 1.10 bits per heavy atom. The highest BCUT2D eigenvalue weighted by atomic mass is 79.9. The van der Waals surface area contributed by atoms with Crippen LogP contribution in [0.25, 0.3) is 0 Å². The number of hydrogen-bond acceptors (Lipinski definition) is 2. The van der Waals surface area contributed by atoms with Gasteiger partial charge in [-0.1, -0.05) is 43.6 Å². The summed E-state index contributed by atoms with van der Waals surface area (Å²) < 4.78 is 28.8. The fraction of sp³-hybridized carbons (Fsp3) is 0.571. The molecule has 0 unspecified atom stereocenters. The van der Waals surface area contributed by atoms with Crippen molar-refractivity contribution in [2.45, 2.75) is 32.6 Å². The summed E-state index contributed by atoms with van der Waals surface area (Å²) in [6.07, 6.45) is 0. The van der Waals surface area contributed by atoms with E-state index in [1.807, 2.05) is 0 Å². The fourth-order valence-electron chi connectivity index (χ4n) is 2.21. The zero-order chi connectivity index (χ0) is 15.5. The van der Waals surface area contributed by atoms with Gasteiger partial charge in [-0.05, 0) is 51.9 Å². The molecule has 1 N–H and O–H groups in total. The van der Waals surface area contributed by atoms with Gasteiger partial charge in [0.15, 0.2) is 0 Å². The van der Waals surface area contributed by atoms with E-state index >= 15 is 0 Å². The first-order valence-corrected chi connectivity index (χ1v) is 9.66. The Balaban J connectivity index is 2.93. The summed E-state index contributed by atoms with van der Waals surface area (Å²) in [5, 5.41) is 0. The molecule has 0 atom stereocenters. The molecular weight excluding hydrogens is 406 g/mol. The smallest absolute Gasteiger partial charge is 0.211 e. The second kappa shape index (κ2) is 7.38. The normalized spacial score (nSPS) is 12.7. The summed E-state index contributed by atoms with van der Waals surface area (Å²) in [4.78, 5) is 0.262. The average molecular weight is 427 g/mol. The lowest BCUT2D eigenvalue weighted by molar-refractivity contribution is 0.289. The van der Waals surface area contributed by atoms with Gasteiger partial charge in [0.05, 0.1) is 4.90 Å². The molecule has 114 valence electrons. The zero-order valence-corrected chi connectivity index (χ0v) is 16.1. The Labute approximate surface area is 138 Å². The predicted molar refractivity (Wildman–Crippen MR) is 90.2 cm³/mol. The Hall–Kier alpha value is 0.0900. The quantitative estimate of drug-likeness (QED) is 0.731. The molecule has 0 aliphatic heterocycles. The van der Waals surface area contributed by atoms with E-state index in [1.165, 1.54) is 0 Å². The van der Waals surface area contributed by atoms with E-state index in [1.54, 1.807) is 18.2 Å². The predicted octanol–water partition coefficient (Wildman–Crippen LogP) is 4.42. The molecule has 6 heteroatoms. The second-order valence-electron chi connectivity index (χ2n) is 5.58. The van der Waals surface area contributed by atoms with Gasteiger partial charge in [-0.15, -0.1) is 0 Å². The van der Waals surface area contributed by atoms with E-state index in [9.17, 15) is 8.42 Å². The van der Waals surface area contributed by atoms with Gasteiger partial charge >= 0.3 is 0 Å². The zero-order valence-electron chi connectivity index (χ0n) is 12.2. The Bertz CT molecular complexity index is 548. The second-order valence-corrected chi connectivity index (χ2v) is 9.08. The van der Waals surface area contributed by atoms with E-state index in [0.717, 1.165) is 4.47 Å². The van der Waals surface area contributed by atoms with Crippen LogP contribution >= 0.6 is 31.9 Å². The van der Waals surface area contributed by atoms with Gasteiger partial charge in [-0.3, -0.25) is 0 Å². The number of nitrogens with one attached hydrogen (secondary N) is 1. The molecule has 0 aliphatic rings. The third kappa shape index (κ3) is 4.83.